The largest absolute Gasteiger partial charge is 0.344 e. The zero-order valence-corrected chi connectivity index (χ0v) is 16.7. The Morgan fingerprint density at radius 1 is 0.964 bits per heavy atom. The molecule has 0 saturated heterocycles. The Bertz CT molecular complexity index is 763. The number of rotatable bonds is 9. The van der Waals surface area contributed by atoms with Gasteiger partial charge >= 0.3 is 0 Å². The fraction of sp³-hybridized carbons (Fsp3) is 0.364. The van der Waals surface area contributed by atoms with E-state index in [9.17, 15) is 14.0 Å². The van der Waals surface area contributed by atoms with Gasteiger partial charge in [0.15, 0.2) is 13.1 Å². The summed E-state index contributed by atoms with van der Waals surface area (Å²) in [4.78, 5) is 25.4. The van der Waals surface area contributed by atoms with Crippen LogP contribution in [0, 0.1) is 11.7 Å². The Hall–Kier alpha value is -2.73. The number of amides is 2. The molecule has 0 aliphatic carbocycles. The highest BCUT2D eigenvalue weighted by Crippen LogP contribution is 2.20. The number of quaternary nitrogens is 1. The van der Waals surface area contributed by atoms with E-state index in [1.54, 1.807) is 7.05 Å². The lowest BCUT2D eigenvalue weighted by atomic mass is 9.97. The minimum atomic E-state index is -0.355. The lowest BCUT2D eigenvalue weighted by molar-refractivity contribution is -0.862. The van der Waals surface area contributed by atoms with Crippen LogP contribution in [0.1, 0.15) is 31.9 Å². The van der Waals surface area contributed by atoms with E-state index in [4.69, 9.17) is 0 Å². The highest BCUT2D eigenvalue weighted by molar-refractivity contribution is 5.91. The summed E-state index contributed by atoms with van der Waals surface area (Å²) < 4.78 is 12.9. The van der Waals surface area contributed by atoms with Crippen LogP contribution >= 0.6 is 0 Å². The van der Waals surface area contributed by atoms with Crippen molar-refractivity contribution in [3.63, 3.8) is 0 Å². The van der Waals surface area contributed by atoms with Crippen molar-refractivity contribution in [3.05, 3.63) is 66.0 Å². The van der Waals surface area contributed by atoms with Crippen LogP contribution in [0.15, 0.2) is 54.6 Å². The lowest BCUT2D eigenvalue weighted by Crippen LogP contribution is -3.11. The Labute approximate surface area is 165 Å². The molecule has 0 bridgehead atoms. The summed E-state index contributed by atoms with van der Waals surface area (Å²) in [6.45, 7) is 4.59. The lowest BCUT2D eigenvalue weighted by Gasteiger charge is -2.22. The molecule has 0 aromatic heterocycles. The van der Waals surface area contributed by atoms with E-state index in [1.165, 1.54) is 24.3 Å². The number of likely N-dealkylation sites (N-methyl/N-ethyl adjacent to an activating group) is 1. The Kier molecular flexibility index (Phi) is 8.14. The van der Waals surface area contributed by atoms with Gasteiger partial charge in [-0.15, -0.1) is 0 Å². The molecule has 0 aliphatic heterocycles. The first-order valence-corrected chi connectivity index (χ1v) is 9.54. The number of benzene rings is 2. The van der Waals surface area contributed by atoms with Gasteiger partial charge in [0, 0.05) is 5.69 Å². The van der Waals surface area contributed by atoms with E-state index in [0.29, 0.717) is 11.6 Å². The summed E-state index contributed by atoms with van der Waals surface area (Å²) in [5.74, 6) is -0.232. The van der Waals surface area contributed by atoms with Crippen LogP contribution in [0.5, 0.6) is 0 Å². The van der Waals surface area contributed by atoms with E-state index in [0.717, 1.165) is 16.9 Å². The van der Waals surface area contributed by atoms with E-state index in [2.05, 4.69) is 24.5 Å². The molecule has 2 aromatic carbocycles. The second-order valence-corrected chi connectivity index (χ2v) is 7.53. The first kappa shape index (κ1) is 21.6. The molecule has 0 saturated carbocycles. The average Bonchev–Trinajstić information content (AvgIpc) is 2.63. The maximum absolute atomic E-state index is 12.9. The van der Waals surface area contributed by atoms with Gasteiger partial charge in [-0.3, -0.25) is 9.59 Å². The van der Waals surface area contributed by atoms with Crippen LogP contribution in [0.25, 0.3) is 0 Å². The zero-order chi connectivity index (χ0) is 20.5. The fourth-order valence-electron chi connectivity index (χ4n) is 3.03. The summed E-state index contributed by atoms with van der Waals surface area (Å²) >= 11 is 0. The molecule has 28 heavy (non-hydrogen) atoms. The van der Waals surface area contributed by atoms with Gasteiger partial charge in [-0.05, 0) is 42.2 Å². The summed E-state index contributed by atoms with van der Waals surface area (Å²) in [6.07, 6.45) is 0.847. The molecule has 0 heterocycles. The SMILES string of the molecule is CC(C)C[C@H](NC(=O)C[NH+](C)CC(=O)Nc1ccc(F)cc1)c1ccccc1. The molecule has 0 aliphatic rings. The summed E-state index contributed by atoms with van der Waals surface area (Å²) in [5.41, 5.74) is 1.61. The van der Waals surface area contributed by atoms with Crippen LogP contribution in [0.3, 0.4) is 0 Å². The topological polar surface area (TPSA) is 62.6 Å². The van der Waals surface area contributed by atoms with Crippen LogP contribution in [0.4, 0.5) is 10.1 Å². The number of anilines is 1. The highest BCUT2D eigenvalue weighted by Gasteiger charge is 2.19. The van der Waals surface area contributed by atoms with E-state index < -0.39 is 0 Å². The second-order valence-electron chi connectivity index (χ2n) is 7.53. The van der Waals surface area contributed by atoms with Crippen LogP contribution in [-0.2, 0) is 9.59 Å². The van der Waals surface area contributed by atoms with Gasteiger partial charge < -0.3 is 15.5 Å². The molecule has 3 N–H and O–H groups in total. The predicted octanol–water partition coefficient (Wildman–Crippen LogP) is 2.18. The van der Waals surface area contributed by atoms with Crippen molar-refractivity contribution in [1.82, 2.24) is 5.32 Å². The molecule has 6 heteroatoms. The third kappa shape index (κ3) is 7.48. The Balaban J connectivity index is 1.86. The molecular formula is C22H29FN3O2+. The Morgan fingerprint density at radius 2 is 1.57 bits per heavy atom. The van der Waals surface area contributed by atoms with Gasteiger partial charge in [0.25, 0.3) is 11.8 Å². The van der Waals surface area contributed by atoms with Crippen LogP contribution in [-0.4, -0.2) is 32.0 Å². The third-order valence-corrected chi connectivity index (χ3v) is 4.30. The smallest absolute Gasteiger partial charge is 0.279 e. The van der Waals surface area contributed by atoms with Crippen molar-refractivity contribution in [3.8, 4) is 0 Å². The molecule has 2 atom stereocenters. The normalized spacial score (nSPS) is 13.0. The van der Waals surface area contributed by atoms with E-state index in [-0.39, 0.29) is 36.8 Å². The predicted molar refractivity (Wildman–Crippen MR) is 108 cm³/mol. The molecule has 2 aromatic rings. The van der Waals surface area contributed by atoms with Crippen molar-refractivity contribution in [2.45, 2.75) is 26.3 Å². The van der Waals surface area contributed by atoms with Crippen molar-refractivity contribution in [2.24, 2.45) is 5.92 Å². The van der Waals surface area contributed by atoms with Gasteiger partial charge in [-0.1, -0.05) is 44.2 Å². The molecule has 150 valence electrons. The molecule has 2 rings (SSSR count). The van der Waals surface area contributed by atoms with Gasteiger partial charge in [-0.2, -0.15) is 0 Å². The van der Waals surface area contributed by atoms with E-state index in [1.807, 2.05) is 30.3 Å². The monoisotopic (exact) mass is 386 g/mol. The molecule has 0 radical (unpaired) electrons. The third-order valence-electron chi connectivity index (χ3n) is 4.30. The standard InChI is InChI=1S/C22H28FN3O2/c1-16(2)13-20(17-7-5-4-6-8-17)25-22(28)15-26(3)14-21(27)24-19-11-9-18(23)10-12-19/h4-12,16,20H,13-15H2,1-3H3,(H,24,27)(H,25,28)/p+1/t20-/m0/s1. The summed E-state index contributed by atoms with van der Waals surface area (Å²) in [6, 6.07) is 15.5. The number of nitrogens with one attached hydrogen (secondary N) is 3. The molecule has 0 fully saturated rings. The fourth-order valence-corrected chi connectivity index (χ4v) is 3.03. The van der Waals surface area contributed by atoms with E-state index >= 15 is 0 Å². The van der Waals surface area contributed by atoms with Crippen molar-refractivity contribution >= 4 is 17.5 Å². The number of halogens is 1. The van der Waals surface area contributed by atoms with Gasteiger partial charge in [0.05, 0.1) is 13.1 Å². The van der Waals surface area contributed by atoms with Crippen molar-refractivity contribution in [1.29, 1.82) is 0 Å². The van der Waals surface area contributed by atoms with Crippen molar-refractivity contribution < 1.29 is 18.9 Å². The maximum atomic E-state index is 12.9. The highest BCUT2D eigenvalue weighted by atomic mass is 19.1. The molecule has 0 spiro atoms. The minimum Gasteiger partial charge on any atom is -0.344 e. The van der Waals surface area contributed by atoms with Gasteiger partial charge in [0.2, 0.25) is 0 Å². The molecular weight excluding hydrogens is 357 g/mol. The van der Waals surface area contributed by atoms with Crippen molar-refractivity contribution in [2.75, 3.05) is 25.5 Å². The van der Waals surface area contributed by atoms with Gasteiger partial charge in [0.1, 0.15) is 5.82 Å². The summed E-state index contributed by atoms with van der Waals surface area (Å²) in [7, 11) is 1.80. The molecule has 1 unspecified atom stereocenters. The molecule has 5 nitrogen and oxygen atoms in total. The maximum Gasteiger partial charge on any atom is 0.279 e. The first-order chi connectivity index (χ1) is 13.3. The number of hydrogen-bond acceptors (Lipinski definition) is 2. The van der Waals surface area contributed by atoms with Gasteiger partial charge in [-0.25, -0.2) is 4.39 Å². The quantitative estimate of drug-likeness (QED) is 0.619. The molecule has 2 amide bonds. The average molecular weight is 386 g/mol. The number of carbonyl (C=O) groups excluding carboxylic acids is 2. The Morgan fingerprint density at radius 3 is 2.18 bits per heavy atom. The number of carbonyl (C=O) groups is 2. The minimum absolute atomic E-state index is 0.0467. The second kappa shape index (κ2) is 10.6. The summed E-state index contributed by atoms with van der Waals surface area (Å²) in [5, 5.41) is 5.80. The number of hydrogen-bond donors (Lipinski definition) is 3. The first-order valence-electron chi connectivity index (χ1n) is 9.54. The van der Waals surface area contributed by atoms with Crippen LogP contribution in [0.2, 0.25) is 0 Å². The zero-order valence-electron chi connectivity index (χ0n) is 16.7. The van der Waals surface area contributed by atoms with Crippen LogP contribution < -0.4 is 15.5 Å².